The summed E-state index contributed by atoms with van der Waals surface area (Å²) in [5, 5.41) is 12.7. The number of carbonyl (C=O) groups is 2. The Morgan fingerprint density at radius 1 is 0.958 bits per heavy atom. The van der Waals surface area contributed by atoms with Crippen LogP contribution in [-0.4, -0.2) is 79.1 Å². The van der Waals surface area contributed by atoms with Gasteiger partial charge < -0.3 is 10.0 Å². The summed E-state index contributed by atoms with van der Waals surface area (Å²) in [5.74, 6) is 0.0629. The van der Waals surface area contributed by atoms with Gasteiger partial charge in [0.05, 0.1) is 18.8 Å². The second-order valence-electron chi connectivity index (χ2n) is 6.21. The van der Waals surface area contributed by atoms with Crippen LogP contribution >= 0.6 is 0 Å². The Hall–Kier alpha value is -2.12. The second kappa shape index (κ2) is 7.63. The molecule has 3 rings (SSSR count). The number of anilines is 1. The van der Waals surface area contributed by atoms with Crippen molar-refractivity contribution in [1.29, 1.82) is 0 Å². The monoisotopic (exact) mass is 332 g/mol. The number of phenols is 1. The smallest absolute Gasteiger partial charge is 0.243 e. The molecule has 2 aliphatic rings. The molecule has 0 unspecified atom stereocenters. The zero-order chi connectivity index (χ0) is 16.9. The van der Waals surface area contributed by atoms with Crippen LogP contribution < -0.4 is 10.2 Å². The Balaban J connectivity index is 1.42. The van der Waals surface area contributed by atoms with Crippen molar-refractivity contribution in [2.24, 2.45) is 0 Å². The third-order valence-electron chi connectivity index (χ3n) is 4.61. The molecule has 2 N–H and O–H groups in total. The number of hydrogen-bond acceptors (Lipinski definition) is 6. The Labute approximate surface area is 141 Å². The molecule has 0 atom stereocenters. The summed E-state index contributed by atoms with van der Waals surface area (Å²) in [6, 6.07) is 7.41. The SMILES string of the molecule is O=C1CNCC(=O)N1CCCN1CCN(c2ccccc2O)CC1. The minimum Gasteiger partial charge on any atom is -0.506 e. The topological polar surface area (TPSA) is 76.1 Å². The molecule has 2 saturated heterocycles. The molecule has 0 aromatic heterocycles. The van der Waals surface area contributed by atoms with Crippen LogP contribution in [0.5, 0.6) is 5.75 Å². The van der Waals surface area contributed by atoms with Gasteiger partial charge in [-0.25, -0.2) is 0 Å². The van der Waals surface area contributed by atoms with Crippen LogP contribution in [0.1, 0.15) is 6.42 Å². The van der Waals surface area contributed by atoms with Gasteiger partial charge in [0.15, 0.2) is 0 Å². The van der Waals surface area contributed by atoms with Crippen LogP contribution in [0, 0.1) is 0 Å². The largest absolute Gasteiger partial charge is 0.506 e. The summed E-state index contributed by atoms with van der Waals surface area (Å²) in [6.45, 7) is 5.44. The first-order valence-electron chi connectivity index (χ1n) is 8.44. The predicted octanol–water partition coefficient (Wildman–Crippen LogP) is -0.137. The number of benzene rings is 1. The number of carbonyl (C=O) groups excluding carboxylic acids is 2. The van der Waals surface area contributed by atoms with E-state index in [1.165, 1.54) is 4.90 Å². The maximum atomic E-state index is 11.7. The van der Waals surface area contributed by atoms with Gasteiger partial charge >= 0.3 is 0 Å². The fourth-order valence-electron chi connectivity index (χ4n) is 3.25. The number of para-hydroxylation sites is 2. The quantitative estimate of drug-likeness (QED) is 0.731. The van der Waals surface area contributed by atoms with Crippen molar-refractivity contribution in [1.82, 2.24) is 15.1 Å². The normalized spacial score (nSPS) is 19.8. The van der Waals surface area contributed by atoms with Gasteiger partial charge in [-0.3, -0.25) is 24.7 Å². The maximum absolute atomic E-state index is 11.7. The van der Waals surface area contributed by atoms with Gasteiger partial charge in [-0.15, -0.1) is 0 Å². The minimum atomic E-state index is -0.129. The van der Waals surface area contributed by atoms with Gasteiger partial charge in [-0.1, -0.05) is 12.1 Å². The van der Waals surface area contributed by atoms with Gasteiger partial charge in [-0.2, -0.15) is 0 Å². The first-order valence-corrected chi connectivity index (χ1v) is 8.44. The van der Waals surface area contributed by atoms with Crippen LogP contribution in [0.15, 0.2) is 24.3 Å². The molecule has 0 spiro atoms. The zero-order valence-corrected chi connectivity index (χ0v) is 13.8. The number of amides is 2. The molecule has 0 aliphatic carbocycles. The molecule has 130 valence electrons. The zero-order valence-electron chi connectivity index (χ0n) is 13.8. The van der Waals surface area contributed by atoms with Crippen molar-refractivity contribution in [2.45, 2.75) is 6.42 Å². The number of piperazine rings is 2. The van der Waals surface area contributed by atoms with Crippen LogP contribution in [0.3, 0.4) is 0 Å². The molecular formula is C17H24N4O3. The van der Waals surface area contributed by atoms with E-state index in [9.17, 15) is 14.7 Å². The van der Waals surface area contributed by atoms with Crippen molar-refractivity contribution in [3.63, 3.8) is 0 Å². The number of nitrogens with one attached hydrogen (secondary N) is 1. The van der Waals surface area contributed by atoms with Crippen molar-refractivity contribution in [3.05, 3.63) is 24.3 Å². The van der Waals surface area contributed by atoms with Crippen LogP contribution in [0.25, 0.3) is 0 Å². The molecule has 1 aromatic carbocycles. The van der Waals surface area contributed by atoms with Crippen LogP contribution in [0.4, 0.5) is 5.69 Å². The highest BCUT2D eigenvalue weighted by Crippen LogP contribution is 2.27. The Bertz CT molecular complexity index is 583. The first-order chi connectivity index (χ1) is 11.6. The highest BCUT2D eigenvalue weighted by molar-refractivity contribution is 5.99. The second-order valence-corrected chi connectivity index (χ2v) is 6.21. The van der Waals surface area contributed by atoms with Crippen molar-refractivity contribution in [3.8, 4) is 5.75 Å². The summed E-state index contributed by atoms with van der Waals surface area (Å²) >= 11 is 0. The van der Waals surface area contributed by atoms with E-state index in [1.807, 2.05) is 18.2 Å². The molecule has 0 radical (unpaired) electrons. The van der Waals surface area contributed by atoms with Crippen LogP contribution in [-0.2, 0) is 9.59 Å². The van der Waals surface area contributed by atoms with E-state index in [1.54, 1.807) is 6.07 Å². The highest BCUT2D eigenvalue weighted by Gasteiger charge is 2.25. The van der Waals surface area contributed by atoms with Gasteiger partial charge in [-0.05, 0) is 25.1 Å². The van der Waals surface area contributed by atoms with E-state index >= 15 is 0 Å². The third kappa shape index (κ3) is 3.85. The Kier molecular flexibility index (Phi) is 5.32. The number of aromatic hydroxyl groups is 1. The fourth-order valence-corrected chi connectivity index (χ4v) is 3.25. The third-order valence-corrected chi connectivity index (χ3v) is 4.61. The molecule has 24 heavy (non-hydrogen) atoms. The van der Waals surface area contributed by atoms with E-state index in [4.69, 9.17) is 0 Å². The summed E-state index contributed by atoms with van der Waals surface area (Å²) in [6.07, 6.45) is 0.800. The summed E-state index contributed by atoms with van der Waals surface area (Å²) in [7, 11) is 0. The Morgan fingerprint density at radius 3 is 2.29 bits per heavy atom. The molecule has 7 nitrogen and oxygen atoms in total. The lowest BCUT2D eigenvalue weighted by molar-refractivity contribution is -0.146. The van der Waals surface area contributed by atoms with Crippen molar-refractivity contribution < 1.29 is 14.7 Å². The maximum Gasteiger partial charge on any atom is 0.243 e. The first kappa shape index (κ1) is 16.7. The van der Waals surface area contributed by atoms with Gasteiger partial charge in [0.2, 0.25) is 11.8 Å². The molecule has 2 heterocycles. The van der Waals surface area contributed by atoms with Gasteiger partial charge in [0.25, 0.3) is 0 Å². The summed E-state index contributed by atoms with van der Waals surface area (Å²) in [5.41, 5.74) is 0.883. The molecule has 2 amide bonds. The number of imide groups is 1. The fraction of sp³-hybridized carbons (Fsp3) is 0.529. The van der Waals surface area contributed by atoms with Crippen LogP contribution in [0.2, 0.25) is 0 Å². The molecular weight excluding hydrogens is 308 g/mol. The lowest BCUT2D eigenvalue weighted by atomic mass is 10.2. The lowest BCUT2D eigenvalue weighted by Crippen LogP contribution is -2.53. The highest BCUT2D eigenvalue weighted by atomic mass is 16.3. The number of nitrogens with zero attached hydrogens (tertiary/aromatic N) is 3. The Morgan fingerprint density at radius 2 is 1.62 bits per heavy atom. The average Bonchev–Trinajstić information content (AvgIpc) is 2.59. The van der Waals surface area contributed by atoms with Gasteiger partial charge in [0.1, 0.15) is 5.75 Å². The number of phenolic OH excluding ortho intramolecular Hbond substituents is 1. The average molecular weight is 332 g/mol. The van der Waals surface area contributed by atoms with Crippen molar-refractivity contribution in [2.75, 3.05) is 57.3 Å². The number of rotatable bonds is 5. The lowest BCUT2D eigenvalue weighted by Gasteiger charge is -2.36. The molecule has 0 bridgehead atoms. The molecule has 2 fully saturated rings. The van der Waals surface area contributed by atoms with Crippen molar-refractivity contribution >= 4 is 17.5 Å². The minimum absolute atomic E-state index is 0.129. The van der Waals surface area contributed by atoms with E-state index in [0.717, 1.165) is 44.8 Å². The predicted molar refractivity (Wildman–Crippen MR) is 91.0 cm³/mol. The molecule has 0 saturated carbocycles. The molecule has 2 aliphatic heterocycles. The van der Waals surface area contributed by atoms with E-state index in [-0.39, 0.29) is 24.9 Å². The molecule has 1 aromatic rings. The summed E-state index contributed by atoms with van der Waals surface area (Å²) < 4.78 is 0. The molecule has 7 heteroatoms. The van der Waals surface area contributed by atoms with E-state index < -0.39 is 0 Å². The van der Waals surface area contributed by atoms with E-state index in [0.29, 0.717) is 12.3 Å². The number of hydrogen-bond donors (Lipinski definition) is 2. The standard InChI is InChI=1S/C17H24N4O3/c22-15-5-2-1-4-14(15)20-10-8-19(9-11-20)6-3-7-21-16(23)12-18-13-17(21)24/h1-2,4-5,18,22H,3,6-13H2. The van der Waals surface area contributed by atoms with Gasteiger partial charge in [0, 0.05) is 32.7 Å². The van der Waals surface area contributed by atoms with E-state index in [2.05, 4.69) is 15.1 Å². The summed E-state index contributed by atoms with van der Waals surface area (Å²) in [4.78, 5) is 29.3.